The van der Waals surface area contributed by atoms with Gasteiger partial charge in [-0.2, -0.15) is 13.2 Å². The van der Waals surface area contributed by atoms with Crippen LogP contribution in [0.4, 0.5) is 23.4 Å². The molecule has 39 heavy (non-hydrogen) atoms. The SMILES string of the molecule is COc1ncnc(C2CC2)c1-c1ncc(C=N)c(NCc2ccc(-c3nc(C(F)(F)F)cn3CCF)cc2)n1. The summed E-state index contributed by atoms with van der Waals surface area (Å²) in [5.41, 5.74) is 2.07. The van der Waals surface area contributed by atoms with Crippen molar-refractivity contribution in [1.29, 1.82) is 5.41 Å². The molecule has 3 aromatic heterocycles. The van der Waals surface area contributed by atoms with Crippen molar-refractivity contribution < 1.29 is 22.3 Å². The third kappa shape index (κ3) is 5.56. The quantitative estimate of drug-likeness (QED) is 0.208. The van der Waals surface area contributed by atoms with Gasteiger partial charge >= 0.3 is 6.18 Å². The summed E-state index contributed by atoms with van der Waals surface area (Å²) in [7, 11) is 1.52. The number of hydrogen-bond acceptors (Lipinski definition) is 8. The summed E-state index contributed by atoms with van der Waals surface area (Å²) < 4.78 is 59.0. The van der Waals surface area contributed by atoms with Crippen molar-refractivity contribution >= 4 is 12.0 Å². The molecule has 0 bridgehead atoms. The van der Waals surface area contributed by atoms with Gasteiger partial charge in [-0.1, -0.05) is 24.3 Å². The van der Waals surface area contributed by atoms with Crippen molar-refractivity contribution in [2.75, 3.05) is 19.1 Å². The first kappa shape index (κ1) is 26.2. The number of anilines is 1. The molecular formula is C26H24F4N8O. The molecule has 13 heteroatoms. The fourth-order valence-corrected chi connectivity index (χ4v) is 4.17. The number of nitrogens with one attached hydrogen (secondary N) is 2. The second-order valence-electron chi connectivity index (χ2n) is 8.94. The summed E-state index contributed by atoms with van der Waals surface area (Å²) >= 11 is 0. The number of benzene rings is 1. The molecule has 3 heterocycles. The molecule has 0 spiro atoms. The fraction of sp³-hybridized carbons (Fsp3) is 0.308. The average Bonchev–Trinajstić information content (AvgIpc) is 3.70. The number of ether oxygens (including phenoxy) is 1. The third-order valence-electron chi connectivity index (χ3n) is 6.26. The Morgan fingerprint density at radius 3 is 2.54 bits per heavy atom. The number of hydrogen-bond donors (Lipinski definition) is 2. The summed E-state index contributed by atoms with van der Waals surface area (Å²) in [6, 6.07) is 6.72. The van der Waals surface area contributed by atoms with Crippen LogP contribution >= 0.6 is 0 Å². The van der Waals surface area contributed by atoms with Gasteiger partial charge in [0, 0.05) is 36.6 Å². The van der Waals surface area contributed by atoms with Gasteiger partial charge in [0.2, 0.25) is 5.88 Å². The lowest BCUT2D eigenvalue weighted by Gasteiger charge is -2.13. The number of methoxy groups -OCH3 is 1. The lowest BCUT2D eigenvalue weighted by atomic mass is 10.1. The van der Waals surface area contributed by atoms with Gasteiger partial charge < -0.3 is 20.0 Å². The van der Waals surface area contributed by atoms with E-state index >= 15 is 0 Å². The van der Waals surface area contributed by atoms with Crippen molar-refractivity contribution in [2.24, 2.45) is 0 Å². The third-order valence-corrected chi connectivity index (χ3v) is 6.26. The molecule has 2 N–H and O–H groups in total. The van der Waals surface area contributed by atoms with Crippen LogP contribution in [0.15, 0.2) is 43.0 Å². The second kappa shape index (κ2) is 10.8. The molecule has 1 saturated carbocycles. The Hall–Kier alpha value is -4.42. The first-order chi connectivity index (χ1) is 18.8. The van der Waals surface area contributed by atoms with Crippen LogP contribution < -0.4 is 10.1 Å². The molecule has 1 aliphatic carbocycles. The molecular weight excluding hydrogens is 516 g/mol. The standard InChI is InChI=1S/C26H24F4N8O/c1-39-25-20(21(16-6-7-16)34-14-35-25)23-33-12-18(10-31)22(37-23)32-11-15-2-4-17(5-3-15)24-36-19(26(28,29)30)13-38(24)9-8-27/h2-5,10,12-14,16,31H,6-9,11H2,1H3,(H,32,33,37). The summed E-state index contributed by atoms with van der Waals surface area (Å²) in [5.74, 6) is 1.50. The maximum absolute atomic E-state index is 13.2. The minimum atomic E-state index is -4.63. The summed E-state index contributed by atoms with van der Waals surface area (Å²) in [6.45, 7) is -0.742. The Morgan fingerprint density at radius 1 is 1.13 bits per heavy atom. The van der Waals surface area contributed by atoms with Gasteiger partial charge in [0.25, 0.3) is 0 Å². The minimum Gasteiger partial charge on any atom is -0.480 e. The van der Waals surface area contributed by atoms with E-state index in [9.17, 15) is 17.6 Å². The van der Waals surface area contributed by atoms with Crippen LogP contribution in [0, 0.1) is 5.41 Å². The number of rotatable bonds is 10. The molecule has 0 radical (unpaired) electrons. The zero-order chi connectivity index (χ0) is 27.6. The van der Waals surface area contributed by atoms with Crippen LogP contribution in [-0.2, 0) is 19.3 Å². The van der Waals surface area contributed by atoms with Gasteiger partial charge in [-0.05, 0) is 18.4 Å². The van der Waals surface area contributed by atoms with Gasteiger partial charge in [0.15, 0.2) is 11.5 Å². The lowest BCUT2D eigenvalue weighted by molar-refractivity contribution is -0.140. The molecule has 4 aromatic rings. The highest BCUT2D eigenvalue weighted by molar-refractivity contribution is 5.84. The average molecular weight is 541 g/mol. The van der Waals surface area contributed by atoms with E-state index in [1.54, 1.807) is 24.3 Å². The summed E-state index contributed by atoms with van der Waals surface area (Å²) in [4.78, 5) is 21.4. The van der Waals surface area contributed by atoms with Gasteiger partial charge in [-0.3, -0.25) is 0 Å². The van der Waals surface area contributed by atoms with E-state index in [-0.39, 0.29) is 12.4 Å². The number of aryl methyl sites for hydroxylation is 1. The van der Waals surface area contributed by atoms with Gasteiger partial charge in [-0.25, -0.2) is 29.3 Å². The van der Waals surface area contributed by atoms with Crippen molar-refractivity contribution in [1.82, 2.24) is 29.5 Å². The van der Waals surface area contributed by atoms with E-state index in [4.69, 9.17) is 10.1 Å². The molecule has 1 aromatic carbocycles. The predicted octanol–water partition coefficient (Wildman–Crippen LogP) is 5.28. The van der Waals surface area contributed by atoms with Crippen LogP contribution in [-0.4, -0.2) is 49.5 Å². The monoisotopic (exact) mass is 540 g/mol. The van der Waals surface area contributed by atoms with Crippen LogP contribution in [0.1, 0.15) is 41.3 Å². The second-order valence-corrected chi connectivity index (χ2v) is 8.94. The smallest absolute Gasteiger partial charge is 0.434 e. The molecule has 0 aliphatic heterocycles. The zero-order valence-electron chi connectivity index (χ0n) is 20.8. The Bertz CT molecular complexity index is 1480. The molecule has 0 amide bonds. The Kier molecular flexibility index (Phi) is 7.22. The first-order valence-corrected chi connectivity index (χ1v) is 12.1. The fourth-order valence-electron chi connectivity index (χ4n) is 4.17. The van der Waals surface area contributed by atoms with Crippen molar-refractivity contribution in [2.45, 2.75) is 38.0 Å². The number of halogens is 4. The molecule has 1 fully saturated rings. The molecule has 0 saturated heterocycles. The molecule has 0 atom stereocenters. The molecule has 0 unspecified atom stereocenters. The minimum absolute atomic E-state index is 0.0384. The summed E-state index contributed by atoms with van der Waals surface area (Å²) in [6.07, 6.45) is 2.34. The lowest BCUT2D eigenvalue weighted by Crippen LogP contribution is -2.08. The topological polar surface area (TPSA) is 114 Å². The van der Waals surface area contributed by atoms with E-state index in [0.29, 0.717) is 46.7 Å². The Labute approximate surface area is 220 Å². The van der Waals surface area contributed by atoms with Gasteiger partial charge in [0.05, 0.1) is 24.9 Å². The Morgan fingerprint density at radius 2 is 1.90 bits per heavy atom. The van der Waals surface area contributed by atoms with Crippen molar-refractivity contribution in [3.8, 4) is 28.7 Å². The first-order valence-electron chi connectivity index (χ1n) is 12.1. The highest BCUT2D eigenvalue weighted by Crippen LogP contribution is 2.45. The van der Waals surface area contributed by atoms with E-state index in [1.807, 2.05) is 0 Å². The summed E-state index contributed by atoms with van der Waals surface area (Å²) in [5, 5.41) is 11.0. The molecule has 5 rings (SSSR count). The van der Waals surface area contributed by atoms with Gasteiger partial charge in [0.1, 0.15) is 30.2 Å². The highest BCUT2D eigenvalue weighted by atomic mass is 19.4. The van der Waals surface area contributed by atoms with Crippen LogP contribution in [0.2, 0.25) is 0 Å². The number of imidazole rings is 1. The molecule has 202 valence electrons. The van der Waals surface area contributed by atoms with E-state index in [1.165, 1.54) is 19.6 Å². The van der Waals surface area contributed by atoms with Crippen molar-refractivity contribution in [3.05, 3.63) is 65.5 Å². The van der Waals surface area contributed by atoms with Crippen LogP contribution in [0.5, 0.6) is 5.88 Å². The largest absolute Gasteiger partial charge is 0.480 e. The van der Waals surface area contributed by atoms with Crippen molar-refractivity contribution in [3.63, 3.8) is 0 Å². The van der Waals surface area contributed by atoms with E-state index < -0.39 is 18.5 Å². The Balaban J connectivity index is 1.39. The molecule has 9 nitrogen and oxygen atoms in total. The zero-order valence-corrected chi connectivity index (χ0v) is 20.8. The number of aromatic nitrogens is 6. The van der Waals surface area contributed by atoms with E-state index in [0.717, 1.165) is 41.1 Å². The number of nitrogens with zero attached hydrogens (tertiary/aromatic N) is 6. The maximum atomic E-state index is 13.2. The van der Waals surface area contributed by atoms with Gasteiger partial charge in [-0.15, -0.1) is 0 Å². The maximum Gasteiger partial charge on any atom is 0.434 e. The normalized spacial score (nSPS) is 13.4. The van der Waals surface area contributed by atoms with Crippen LogP contribution in [0.3, 0.4) is 0 Å². The molecule has 1 aliphatic rings. The number of alkyl halides is 4. The van der Waals surface area contributed by atoms with E-state index in [2.05, 4.69) is 30.2 Å². The highest BCUT2D eigenvalue weighted by Gasteiger charge is 2.35. The van der Waals surface area contributed by atoms with Crippen LogP contribution in [0.25, 0.3) is 22.8 Å². The predicted molar refractivity (Wildman–Crippen MR) is 135 cm³/mol.